The summed E-state index contributed by atoms with van der Waals surface area (Å²) in [5.74, 6) is -6.00. The van der Waals surface area contributed by atoms with E-state index in [0.29, 0.717) is 56.7 Å². The minimum Gasteiger partial charge on any atom is -0.460 e. The van der Waals surface area contributed by atoms with Crippen molar-refractivity contribution in [3.05, 3.63) is 164 Å². The zero-order chi connectivity index (χ0) is 52.8. The van der Waals surface area contributed by atoms with Crippen LogP contribution >= 0.6 is 0 Å². The number of allylic oxidation sites excluding steroid dienone is 2. The lowest BCUT2D eigenvalue weighted by atomic mass is 9.88. The molecule has 0 saturated carbocycles. The van der Waals surface area contributed by atoms with E-state index in [1.54, 1.807) is 74.5 Å². The van der Waals surface area contributed by atoms with Crippen LogP contribution in [0.2, 0.25) is 0 Å². The summed E-state index contributed by atoms with van der Waals surface area (Å²) in [6.07, 6.45) is 4.81. The van der Waals surface area contributed by atoms with Crippen LogP contribution in [0.5, 0.6) is 0 Å². The normalized spacial score (nSPS) is 15.6. The van der Waals surface area contributed by atoms with E-state index in [2.05, 4.69) is 10.3 Å². The fourth-order valence-electron chi connectivity index (χ4n) is 9.10. The molecule has 74 heavy (non-hydrogen) atoms. The van der Waals surface area contributed by atoms with Gasteiger partial charge in [-0.25, -0.2) is 14.4 Å². The number of ether oxygens (including phenoxy) is 4. The van der Waals surface area contributed by atoms with Gasteiger partial charge in [-0.2, -0.15) is 0 Å². The van der Waals surface area contributed by atoms with Gasteiger partial charge in [-0.05, 0) is 76.2 Å². The van der Waals surface area contributed by atoms with Crippen LogP contribution in [0.25, 0.3) is 43.6 Å². The molecule has 5 aromatic carbocycles. The second kappa shape index (κ2) is 22.3. The van der Waals surface area contributed by atoms with Crippen molar-refractivity contribution >= 4 is 90.3 Å². The van der Waals surface area contributed by atoms with Crippen molar-refractivity contribution in [1.82, 2.24) is 9.13 Å². The summed E-state index contributed by atoms with van der Waals surface area (Å²) in [4.78, 5) is 90.2. The van der Waals surface area contributed by atoms with Gasteiger partial charge in [0.25, 0.3) is 11.4 Å². The number of carbonyl (C=O) groups is 4. The number of hydrogen-bond acceptors (Lipinski definition) is 16. The molecule has 1 aliphatic carbocycles. The van der Waals surface area contributed by atoms with E-state index in [9.17, 15) is 39.4 Å². The summed E-state index contributed by atoms with van der Waals surface area (Å²) >= 11 is 0. The fourth-order valence-corrected chi connectivity index (χ4v) is 9.10. The van der Waals surface area contributed by atoms with E-state index in [0.717, 1.165) is 0 Å². The zero-order valence-electron chi connectivity index (χ0n) is 41.1. The lowest BCUT2D eigenvalue weighted by Gasteiger charge is -2.22. The van der Waals surface area contributed by atoms with Crippen LogP contribution < -0.4 is 0 Å². The largest absolute Gasteiger partial charge is 0.460 e. The maximum Gasteiger partial charge on any atom is 0.366 e. The standard InChI is InChI=1S/C54H50N6O14/c1-7-57-45-21-17-33(25-41(45)43-27-35(59(65)66)19-23-47(43)57)49(55-73-53(63)39-15-11-9-13-37(39)51(61)71-31(3)29-69-5)50(56-74-54(64)40-16-12-10-14-38(40)52(62)72-32(4)30-70-6)34-18-22-46-42(26-34)44-28-36(60(67)68)20-24-48(44)58(46)8-2/h9-28,31-32,37,39H,7-8,29-30H2,1-6H3/b55-49+,56-50+. The molecule has 0 radical (unpaired) electrons. The highest BCUT2D eigenvalue weighted by Gasteiger charge is 2.35. The van der Waals surface area contributed by atoms with Crippen LogP contribution in [0.1, 0.15) is 59.5 Å². The number of nitrogens with zero attached hydrogens (tertiary/aromatic N) is 6. The average Bonchev–Trinajstić information content (AvgIpc) is 3.90. The summed E-state index contributed by atoms with van der Waals surface area (Å²) in [7, 11) is 2.91. The maximum absolute atomic E-state index is 14.3. The second-order valence-corrected chi connectivity index (χ2v) is 17.3. The molecule has 20 nitrogen and oxygen atoms in total. The Bertz CT molecular complexity index is 3510. The van der Waals surface area contributed by atoms with E-state index in [-0.39, 0.29) is 58.3 Å². The van der Waals surface area contributed by atoms with Crippen molar-refractivity contribution in [3.63, 3.8) is 0 Å². The Morgan fingerprint density at radius 3 is 1.45 bits per heavy atom. The first-order chi connectivity index (χ1) is 35.7. The van der Waals surface area contributed by atoms with Gasteiger partial charge in [0.2, 0.25) is 0 Å². The van der Waals surface area contributed by atoms with Crippen molar-refractivity contribution in [2.24, 2.45) is 22.1 Å². The number of nitro groups is 2. The van der Waals surface area contributed by atoms with Gasteiger partial charge in [-0.1, -0.05) is 58.9 Å². The highest BCUT2D eigenvalue weighted by Crippen LogP contribution is 2.36. The Morgan fingerprint density at radius 2 is 0.986 bits per heavy atom. The first-order valence-electron chi connectivity index (χ1n) is 23.5. The molecule has 0 aliphatic heterocycles. The molecule has 0 amide bonds. The number of non-ortho nitro benzene ring substituents is 2. The van der Waals surface area contributed by atoms with Gasteiger partial charge in [0.1, 0.15) is 23.6 Å². The number of esters is 2. The number of oxime groups is 2. The molecule has 7 aromatic rings. The fraction of sp³-hybridized carbons (Fsp3) is 0.259. The quantitative estimate of drug-likeness (QED) is 0.0241. The van der Waals surface area contributed by atoms with Crippen LogP contribution in [0.15, 0.2) is 132 Å². The third-order valence-electron chi connectivity index (χ3n) is 12.4. The molecule has 2 aromatic heterocycles. The predicted octanol–water partition coefficient (Wildman–Crippen LogP) is 9.40. The van der Waals surface area contributed by atoms with E-state index >= 15 is 0 Å². The van der Waals surface area contributed by atoms with Crippen molar-refractivity contribution < 1.29 is 57.6 Å². The van der Waals surface area contributed by atoms with Crippen LogP contribution in [0.4, 0.5) is 11.4 Å². The minimum absolute atomic E-state index is 0.0843. The maximum atomic E-state index is 14.3. The highest BCUT2D eigenvalue weighted by atomic mass is 16.7. The number of carbonyl (C=O) groups excluding carboxylic acids is 4. The average molecular weight is 1010 g/mol. The van der Waals surface area contributed by atoms with Gasteiger partial charge in [0.15, 0.2) is 0 Å². The third kappa shape index (κ3) is 10.4. The summed E-state index contributed by atoms with van der Waals surface area (Å²) in [5, 5.41) is 35.1. The number of nitro benzene ring substituents is 2. The molecular formula is C54H50N6O14. The van der Waals surface area contributed by atoms with Crippen molar-refractivity contribution in [2.45, 2.75) is 53.0 Å². The molecule has 0 N–H and O–H groups in total. The lowest BCUT2D eigenvalue weighted by molar-refractivity contribution is -0.384. The van der Waals surface area contributed by atoms with Gasteiger partial charge in [-0.15, -0.1) is 0 Å². The molecular weight excluding hydrogens is 957 g/mol. The molecule has 4 unspecified atom stereocenters. The van der Waals surface area contributed by atoms with Crippen molar-refractivity contribution in [2.75, 3.05) is 27.4 Å². The number of fused-ring (bicyclic) bond motifs is 6. The molecule has 8 rings (SSSR count). The first-order valence-corrected chi connectivity index (χ1v) is 23.5. The number of methoxy groups -OCH3 is 2. The van der Waals surface area contributed by atoms with Crippen LogP contribution in [-0.4, -0.2) is 93.9 Å². The first kappa shape index (κ1) is 51.5. The molecule has 1 aliphatic rings. The Labute approximate surface area is 422 Å². The van der Waals surface area contributed by atoms with Gasteiger partial charge >= 0.3 is 23.9 Å². The molecule has 0 saturated heterocycles. The number of aryl methyl sites for hydroxylation is 2. The van der Waals surface area contributed by atoms with E-state index in [4.69, 9.17) is 28.6 Å². The summed E-state index contributed by atoms with van der Waals surface area (Å²) in [6.45, 7) is 8.27. The Balaban J connectivity index is 1.35. The van der Waals surface area contributed by atoms with E-state index < -0.39 is 57.8 Å². The summed E-state index contributed by atoms with van der Waals surface area (Å²) in [6, 6.07) is 25.0. The minimum atomic E-state index is -1.23. The Hall–Kier alpha value is -8.88. The number of benzene rings is 5. The SMILES string of the molecule is CCn1c2ccc(C(=N\OC(=O)c3ccccc3C(=O)OC(C)COC)/C(=N/OC(=O)C3C=CC=CC3C(=O)OC(C)COC)c3ccc4c(c3)c3cc([N+](=O)[O-])ccc3n4CC)cc2c2cc([N+](=O)[O-])ccc21. The summed E-state index contributed by atoms with van der Waals surface area (Å²) < 4.78 is 25.3. The molecule has 0 fully saturated rings. The topological polar surface area (TPSA) is 245 Å². The third-order valence-corrected chi connectivity index (χ3v) is 12.4. The van der Waals surface area contributed by atoms with Crippen LogP contribution in [0.3, 0.4) is 0 Å². The zero-order valence-corrected chi connectivity index (χ0v) is 41.1. The van der Waals surface area contributed by atoms with Crippen molar-refractivity contribution in [1.29, 1.82) is 0 Å². The van der Waals surface area contributed by atoms with Gasteiger partial charge in [-0.3, -0.25) is 25.0 Å². The molecule has 2 heterocycles. The van der Waals surface area contributed by atoms with Gasteiger partial charge in [0, 0.05) is 106 Å². The van der Waals surface area contributed by atoms with Crippen LogP contribution in [0, 0.1) is 32.1 Å². The molecule has 4 atom stereocenters. The monoisotopic (exact) mass is 1010 g/mol. The number of aromatic nitrogens is 2. The molecule has 380 valence electrons. The van der Waals surface area contributed by atoms with Gasteiger partial charge < -0.3 is 37.8 Å². The van der Waals surface area contributed by atoms with Gasteiger partial charge in [0.05, 0.1) is 46.0 Å². The molecule has 20 heteroatoms. The molecule has 0 spiro atoms. The van der Waals surface area contributed by atoms with E-state index in [1.807, 2.05) is 23.0 Å². The van der Waals surface area contributed by atoms with Crippen LogP contribution in [-0.2, 0) is 51.3 Å². The van der Waals surface area contributed by atoms with Crippen molar-refractivity contribution in [3.8, 4) is 0 Å². The lowest BCUT2D eigenvalue weighted by Crippen LogP contribution is -2.33. The number of hydrogen-bond donors (Lipinski definition) is 0. The second-order valence-electron chi connectivity index (χ2n) is 17.3. The Kier molecular flexibility index (Phi) is 15.5. The smallest absolute Gasteiger partial charge is 0.366 e. The summed E-state index contributed by atoms with van der Waals surface area (Å²) in [5.41, 5.74) is 2.09. The molecule has 0 bridgehead atoms. The predicted molar refractivity (Wildman–Crippen MR) is 274 cm³/mol. The highest BCUT2D eigenvalue weighted by molar-refractivity contribution is 6.54. The Morgan fingerprint density at radius 1 is 0.568 bits per heavy atom. The van der Waals surface area contributed by atoms with E-state index in [1.165, 1.54) is 74.9 Å². The number of rotatable bonds is 19.